The Morgan fingerprint density at radius 2 is 0.729 bits per heavy atom. The van der Waals surface area contributed by atoms with Crippen LogP contribution in [-0.2, 0) is 0 Å². The lowest BCUT2D eigenvalue weighted by Gasteiger charge is -2.40. The molecule has 0 amide bonds. The van der Waals surface area contributed by atoms with E-state index in [4.69, 9.17) is 82.9 Å². The van der Waals surface area contributed by atoms with E-state index in [1.54, 1.807) is 48.5 Å². The second-order valence-corrected chi connectivity index (χ2v) is 10.5. The van der Waals surface area contributed by atoms with Crippen LogP contribution >= 0.6 is 0 Å². The Morgan fingerprint density at radius 1 is 0.438 bits per heavy atom. The van der Waals surface area contributed by atoms with Crippen LogP contribution in [0.2, 0.25) is 0 Å². The van der Waals surface area contributed by atoms with Gasteiger partial charge in [0.15, 0.2) is 17.0 Å². The van der Waals surface area contributed by atoms with Gasteiger partial charge in [0.1, 0.15) is 0 Å². The summed E-state index contributed by atoms with van der Waals surface area (Å²) < 4.78 is 0. The molecule has 296 valence electrons. The van der Waals surface area contributed by atoms with Crippen molar-refractivity contribution >= 4 is 0 Å². The normalized spacial score (nSPS) is 12.9. The summed E-state index contributed by atoms with van der Waals surface area (Å²) in [7, 11) is 0. The van der Waals surface area contributed by atoms with Crippen molar-refractivity contribution in [1.82, 2.24) is 41.2 Å². The zero-order chi connectivity index (χ0) is 39.1. The topological polar surface area (TPSA) is 350 Å². The molecule has 0 saturated carbocycles. The van der Waals surface area contributed by atoms with Gasteiger partial charge in [-0.2, -0.15) is 0 Å². The van der Waals surface area contributed by atoms with Gasteiger partial charge in [-0.05, 0) is 75.8 Å². The molecule has 0 aromatic rings. The Labute approximate surface area is 280 Å². The fourth-order valence-electron chi connectivity index (χ4n) is 4.48. The molecule has 0 bridgehead atoms. The standard InChI is InChI=1S/C7H18N2O4.2C6H16N2O4.C5H14N2O4/c1-2-7(8(3-10)4-11)9(5-12)6-13;1-4-6(5(2)3,7(9)10)8(11)12;1-3-5-6(4-2,7(9)10)8(11)12;1-3-5(4-2,6(8)9)7(10)11/h7,10-13H,2-6H2,1H3;5,9-12H,4H2,1-3H3;9-12H,3-5H2,1-2H3;8-11H,3-4H2,1-2H3. The minimum Gasteiger partial charge on any atom is -0.381 e. The molecule has 0 aliphatic heterocycles. The molecule has 16 N–H and O–H groups in total. The highest BCUT2D eigenvalue weighted by Crippen LogP contribution is 2.28. The second kappa shape index (κ2) is 27.7. The molecule has 0 aromatic carbocycles. The van der Waals surface area contributed by atoms with Crippen molar-refractivity contribution in [2.24, 2.45) is 5.92 Å². The van der Waals surface area contributed by atoms with Crippen molar-refractivity contribution in [3.05, 3.63) is 0 Å². The van der Waals surface area contributed by atoms with Gasteiger partial charge in [-0.1, -0.05) is 61.8 Å². The molecule has 0 unspecified atom stereocenters. The van der Waals surface area contributed by atoms with Crippen LogP contribution in [0, 0.1) is 5.92 Å². The maximum Gasteiger partial charge on any atom is 0.176 e. The van der Waals surface area contributed by atoms with Crippen LogP contribution in [0.1, 0.15) is 100 Å². The Kier molecular flexibility index (Phi) is 31.1. The van der Waals surface area contributed by atoms with Gasteiger partial charge in [0.2, 0.25) is 0 Å². The smallest absolute Gasteiger partial charge is 0.176 e. The molecule has 0 aliphatic carbocycles. The molecule has 0 rings (SSSR count). The summed E-state index contributed by atoms with van der Waals surface area (Å²) in [6.45, 7) is 12.1. The highest BCUT2D eigenvalue weighted by molar-refractivity contribution is 4.79. The molecule has 24 nitrogen and oxygen atoms in total. The Hall–Kier alpha value is -0.960. The Morgan fingerprint density at radius 3 is 0.792 bits per heavy atom. The van der Waals surface area contributed by atoms with Crippen LogP contribution in [0.4, 0.5) is 0 Å². The predicted octanol–water partition coefficient (Wildman–Crippen LogP) is 0.752. The largest absolute Gasteiger partial charge is 0.381 e. The van der Waals surface area contributed by atoms with Crippen LogP contribution in [0.3, 0.4) is 0 Å². The molecule has 24 heteroatoms. The SMILES string of the molecule is CCC(C(C)C)(N(O)O)N(O)O.CCC(CC)(N(O)O)N(O)O.CCC(N(CO)CO)N(CO)CO.CCCC(CC)(N(O)O)N(O)O. The van der Waals surface area contributed by atoms with Crippen molar-refractivity contribution in [3.63, 3.8) is 0 Å². The molecule has 0 radical (unpaired) electrons. The number of nitrogens with zero attached hydrogens (tertiary/aromatic N) is 8. The van der Waals surface area contributed by atoms with Gasteiger partial charge in [0.25, 0.3) is 0 Å². The summed E-state index contributed by atoms with van der Waals surface area (Å²) in [5, 5.41) is 139. The third-order valence-electron chi connectivity index (χ3n) is 7.91. The van der Waals surface area contributed by atoms with E-state index in [9.17, 15) is 0 Å². The molecule has 0 fully saturated rings. The number of aliphatic hydroxyl groups excluding tert-OH is 4. The minimum absolute atomic E-state index is 0.157. The van der Waals surface area contributed by atoms with Gasteiger partial charge in [-0.3, -0.25) is 62.5 Å². The van der Waals surface area contributed by atoms with E-state index < -0.39 is 17.0 Å². The molecular weight excluding hydrogens is 656 g/mol. The second-order valence-electron chi connectivity index (χ2n) is 10.5. The van der Waals surface area contributed by atoms with Crippen molar-refractivity contribution in [1.29, 1.82) is 0 Å². The first-order valence-electron chi connectivity index (χ1n) is 15.1. The lowest BCUT2D eigenvalue weighted by atomic mass is 9.94. The van der Waals surface area contributed by atoms with Gasteiger partial charge in [0, 0.05) is 0 Å². The Bertz CT molecular complexity index is 680. The summed E-state index contributed by atoms with van der Waals surface area (Å²) in [4.78, 5) is 2.65. The van der Waals surface area contributed by atoms with E-state index in [2.05, 4.69) is 0 Å². The molecule has 0 aromatic heterocycles. The average Bonchev–Trinajstić information content (AvgIpc) is 3.01. The van der Waals surface area contributed by atoms with E-state index in [1.807, 2.05) is 6.92 Å². The number of hydrogen-bond donors (Lipinski definition) is 16. The van der Waals surface area contributed by atoms with Crippen LogP contribution in [0.15, 0.2) is 0 Å². The first-order chi connectivity index (χ1) is 22.2. The molecule has 0 atom stereocenters. The summed E-state index contributed by atoms with van der Waals surface area (Å²) in [6.07, 6.45) is 1.75. The van der Waals surface area contributed by atoms with Gasteiger partial charge in [0.05, 0.1) is 33.1 Å². The molecule has 48 heavy (non-hydrogen) atoms. The average molecular weight is 721 g/mol. The van der Waals surface area contributed by atoms with Crippen LogP contribution in [0.25, 0.3) is 0 Å². The number of hydroxylamine groups is 12. The van der Waals surface area contributed by atoms with E-state index in [1.165, 1.54) is 9.80 Å². The monoisotopic (exact) mass is 720 g/mol. The fourth-order valence-corrected chi connectivity index (χ4v) is 4.48. The van der Waals surface area contributed by atoms with Gasteiger partial charge < -0.3 is 20.4 Å². The minimum atomic E-state index is -1.57. The molecule has 0 heterocycles. The van der Waals surface area contributed by atoms with Gasteiger partial charge in [-0.15, -0.1) is 0 Å². The van der Waals surface area contributed by atoms with Gasteiger partial charge in [-0.25, -0.2) is 9.80 Å². The van der Waals surface area contributed by atoms with Crippen molar-refractivity contribution in [3.8, 4) is 0 Å². The first kappa shape index (κ1) is 53.8. The summed E-state index contributed by atoms with van der Waals surface area (Å²) in [6, 6.07) is 0. The van der Waals surface area contributed by atoms with Crippen molar-refractivity contribution < 1.29 is 82.9 Å². The molecular formula is C24H64N8O16. The predicted molar refractivity (Wildman–Crippen MR) is 158 cm³/mol. The van der Waals surface area contributed by atoms with E-state index >= 15 is 0 Å². The third kappa shape index (κ3) is 15.5. The van der Waals surface area contributed by atoms with Crippen molar-refractivity contribution in [2.75, 3.05) is 26.9 Å². The van der Waals surface area contributed by atoms with E-state index in [0.717, 1.165) is 0 Å². The fraction of sp³-hybridized carbons (Fsp3) is 1.00. The lowest BCUT2D eigenvalue weighted by Crippen LogP contribution is -2.59. The highest BCUT2D eigenvalue weighted by atomic mass is 16.9. The lowest BCUT2D eigenvalue weighted by molar-refractivity contribution is -0.498. The number of aliphatic hydroxyl groups is 4. The van der Waals surface area contributed by atoms with Crippen LogP contribution in [-0.4, -0.2) is 174 Å². The Balaban J connectivity index is -0.000000269. The maximum atomic E-state index is 8.84. The molecule has 0 saturated heterocycles. The zero-order valence-corrected chi connectivity index (χ0v) is 29.2. The number of rotatable bonds is 20. The third-order valence-corrected chi connectivity index (χ3v) is 7.91. The van der Waals surface area contributed by atoms with Crippen molar-refractivity contribution in [2.45, 2.75) is 123 Å². The number of hydrogen-bond acceptors (Lipinski definition) is 24. The summed E-state index contributed by atoms with van der Waals surface area (Å²) in [5.74, 6) is -0.354. The van der Waals surface area contributed by atoms with Crippen LogP contribution < -0.4 is 0 Å². The first-order valence-corrected chi connectivity index (χ1v) is 15.1. The van der Waals surface area contributed by atoms with E-state index in [0.29, 0.717) is 12.8 Å². The zero-order valence-electron chi connectivity index (χ0n) is 29.2. The quantitative estimate of drug-likeness (QED) is 0.0609. The summed E-state index contributed by atoms with van der Waals surface area (Å²) in [5.41, 5.74) is -4.62. The molecule has 0 aliphatic rings. The highest BCUT2D eigenvalue weighted by Gasteiger charge is 2.44. The van der Waals surface area contributed by atoms with Gasteiger partial charge >= 0.3 is 0 Å². The van der Waals surface area contributed by atoms with Crippen LogP contribution in [0.5, 0.6) is 0 Å². The summed E-state index contributed by atoms with van der Waals surface area (Å²) >= 11 is 0. The molecule has 0 spiro atoms. The van der Waals surface area contributed by atoms with E-state index in [-0.39, 0.29) is 102 Å². The maximum absolute atomic E-state index is 8.84.